The first-order valence-electron chi connectivity index (χ1n) is 8.72. The zero-order valence-corrected chi connectivity index (χ0v) is 16.3. The molecule has 0 bridgehead atoms. The number of amides is 2. The third-order valence-electron chi connectivity index (χ3n) is 3.86. The molecule has 0 atom stereocenters. The minimum atomic E-state index is -0.429. The third-order valence-corrected chi connectivity index (χ3v) is 4.67. The molecule has 0 aromatic heterocycles. The molecule has 1 aliphatic rings. The molecule has 3 rings (SSSR count). The van der Waals surface area contributed by atoms with Crippen molar-refractivity contribution in [3.05, 3.63) is 64.1 Å². The summed E-state index contributed by atoms with van der Waals surface area (Å²) in [6.07, 6.45) is 1.74. The van der Waals surface area contributed by atoms with E-state index in [1.165, 1.54) is 0 Å². The van der Waals surface area contributed by atoms with Crippen LogP contribution in [0.25, 0.3) is 6.08 Å². The van der Waals surface area contributed by atoms with Gasteiger partial charge in [0.1, 0.15) is 0 Å². The van der Waals surface area contributed by atoms with Crippen molar-refractivity contribution in [2.45, 2.75) is 20.3 Å². The maximum atomic E-state index is 12.3. The van der Waals surface area contributed by atoms with Gasteiger partial charge in [-0.1, -0.05) is 35.9 Å². The molecule has 2 amide bonds. The van der Waals surface area contributed by atoms with E-state index in [4.69, 9.17) is 9.47 Å². The number of carbonyl (C=O) groups excluding carboxylic acids is 3. The Bertz CT molecular complexity index is 967. The van der Waals surface area contributed by atoms with Gasteiger partial charge in [0.05, 0.1) is 17.9 Å². The maximum Gasteiger partial charge on any atom is 0.315 e. The second-order valence-electron chi connectivity index (χ2n) is 6.13. The number of thioether (sulfide) groups is 1. The Hall–Kier alpha value is -3.06. The normalized spacial score (nSPS) is 14.9. The second-order valence-corrected chi connectivity index (χ2v) is 7.15. The molecule has 6 nitrogen and oxygen atoms in total. The SMILES string of the molecule is CCOc1cc(C=C2SC(=O)NC2=O)ccc1OC(=O)Cc1cccc(C)c1. The van der Waals surface area contributed by atoms with Crippen LogP contribution in [0.1, 0.15) is 23.6 Å². The average Bonchev–Trinajstić information content (AvgIpc) is 2.94. The van der Waals surface area contributed by atoms with E-state index in [9.17, 15) is 14.4 Å². The van der Waals surface area contributed by atoms with Gasteiger partial charge in [0.2, 0.25) is 0 Å². The summed E-state index contributed by atoms with van der Waals surface area (Å²) in [5, 5.41) is 1.81. The van der Waals surface area contributed by atoms with Gasteiger partial charge in [0, 0.05) is 0 Å². The minimum Gasteiger partial charge on any atom is -0.490 e. The van der Waals surface area contributed by atoms with Gasteiger partial charge in [-0.2, -0.15) is 0 Å². The monoisotopic (exact) mass is 397 g/mol. The van der Waals surface area contributed by atoms with Crippen LogP contribution >= 0.6 is 11.8 Å². The Morgan fingerprint density at radius 3 is 2.64 bits per heavy atom. The fourth-order valence-corrected chi connectivity index (χ4v) is 3.37. The third kappa shape index (κ3) is 5.01. The van der Waals surface area contributed by atoms with Crippen LogP contribution in [0.4, 0.5) is 4.79 Å². The summed E-state index contributed by atoms with van der Waals surface area (Å²) in [7, 11) is 0. The number of aryl methyl sites for hydroxylation is 1. The van der Waals surface area contributed by atoms with Gasteiger partial charge in [-0.25, -0.2) is 0 Å². The van der Waals surface area contributed by atoms with Crippen LogP contribution in [0.2, 0.25) is 0 Å². The molecular weight excluding hydrogens is 378 g/mol. The largest absolute Gasteiger partial charge is 0.490 e. The molecule has 2 aromatic carbocycles. The Kier molecular flexibility index (Phi) is 6.16. The van der Waals surface area contributed by atoms with Crippen LogP contribution in [0.5, 0.6) is 11.5 Å². The van der Waals surface area contributed by atoms with Crippen molar-refractivity contribution in [3.63, 3.8) is 0 Å². The Balaban J connectivity index is 1.77. The molecule has 28 heavy (non-hydrogen) atoms. The number of imide groups is 1. The lowest BCUT2D eigenvalue weighted by molar-refractivity contribution is -0.133. The van der Waals surface area contributed by atoms with Crippen LogP contribution in [-0.2, 0) is 16.0 Å². The number of nitrogens with one attached hydrogen (secondary N) is 1. The van der Waals surface area contributed by atoms with Gasteiger partial charge in [-0.05, 0) is 54.9 Å². The van der Waals surface area contributed by atoms with Crippen molar-refractivity contribution in [1.82, 2.24) is 5.32 Å². The van der Waals surface area contributed by atoms with Gasteiger partial charge in [0.25, 0.3) is 11.1 Å². The molecule has 0 saturated carbocycles. The zero-order chi connectivity index (χ0) is 20.1. The van der Waals surface area contributed by atoms with Crippen LogP contribution in [-0.4, -0.2) is 23.7 Å². The molecule has 1 N–H and O–H groups in total. The first-order chi connectivity index (χ1) is 13.4. The lowest BCUT2D eigenvalue weighted by Gasteiger charge is -2.12. The molecule has 1 saturated heterocycles. The summed E-state index contributed by atoms with van der Waals surface area (Å²) in [5.41, 5.74) is 2.61. The van der Waals surface area contributed by atoms with Gasteiger partial charge in [-0.3, -0.25) is 19.7 Å². The molecule has 0 unspecified atom stereocenters. The molecule has 144 valence electrons. The van der Waals surface area contributed by atoms with Gasteiger partial charge >= 0.3 is 5.97 Å². The molecule has 1 heterocycles. The fourth-order valence-electron chi connectivity index (χ4n) is 2.69. The molecular formula is C21H19NO5S. The van der Waals surface area contributed by atoms with Crippen molar-refractivity contribution in [2.24, 2.45) is 0 Å². The van der Waals surface area contributed by atoms with Crippen LogP contribution in [0.3, 0.4) is 0 Å². The highest BCUT2D eigenvalue weighted by Gasteiger charge is 2.25. The number of hydrogen-bond donors (Lipinski definition) is 1. The lowest BCUT2D eigenvalue weighted by Crippen LogP contribution is -2.17. The topological polar surface area (TPSA) is 81.7 Å². The number of rotatable bonds is 6. The number of hydrogen-bond acceptors (Lipinski definition) is 6. The highest BCUT2D eigenvalue weighted by Crippen LogP contribution is 2.32. The standard InChI is InChI=1S/C21H19NO5S/c1-3-26-17-10-15(11-18-20(24)22-21(25)28-18)7-8-16(17)27-19(23)12-14-6-4-5-13(2)9-14/h4-11H,3,12H2,1-2H3,(H,22,24,25). The molecule has 0 spiro atoms. The van der Waals surface area contributed by atoms with Crippen molar-refractivity contribution < 1.29 is 23.9 Å². The van der Waals surface area contributed by atoms with E-state index < -0.39 is 17.1 Å². The minimum absolute atomic E-state index is 0.151. The summed E-state index contributed by atoms with van der Waals surface area (Å²) < 4.78 is 11.1. The maximum absolute atomic E-state index is 12.3. The first-order valence-corrected chi connectivity index (χ1v) is 9.54. The average molecular weight is 397 g/mol. The number of esters is 1. The van der Waals surface area contributed by atoms with Gasteiger partial charge in [0.15, 0.2) is 11.5 Å². The summed E-state index contributed by atoms with van der Waals surface area (Å²) in [6, 6.07) is 12.7. The fraction of sp³-hybridized carbons (Fsp3) is 0.190. The number of ether oxygens (including phenoxy) is 2. The van der Waals surface area contributed by atoms with E-state index >= 15 is 0 Å². The van der Waals surface area contributed by atoms with Crippen molar-refractivity contribution in [1.29, 1.82) is 0 Å². The highest BCUT2D eigenvalue weighted by molar-refractivity contribution is 8.18. The Morgan fingerprint density at radius 1 is 1.14 bits per heavy atom. The summed E-state index contributed by atoms with van der Waals surface area (Å²) in [6.45, 7) is 4.17. The molecule has 2 aromatic rings. The van der Waals surface area contributed by atoms with Crippen LogP contribution in [0.15, 0.2) is 47.4 Å². The molecule has 0 aliphatic carbocycles. The predicted molar refractivity (Wildman–Crippen MR) is 107 cm³/mol. The summed E-state index contributed by atoms with van der Waals surface area (Å²) in [5.74, 6) is -0.124. The van der Waals surface area contributed by atoms with Crippen LogP contribution in [0, 0.1) is 6.92 Å². The number of carbonyl (C=O) groups is 3. The Labute approximate surface area is 166 Å². The number of benzene rings is 2. The molecule has 0 radical (unpaired) electrons. The molecule has 7 heteroatoms. The van der Waals surface area contributed by atoms with E-state index in [-0.39, 0.29) is 6.42 Å². The predicted octanol–water partition coefficient (Wildman–Crippen LogP) is 3.87. The van der Waals surface area contributed by atoms with E-state index in [0.29, 0.717) is 28.6 Å². The molecule has 1 aliphatic heterocycles. The van der Waals surface area contributed by atoms with Gasteiger partial charge < -0.3 is 9.47 Å². The summed E-state index contributed by atoms with van der Waals surface area (Å²) >= 11 is 0.840. The quantitative estimate of drug-likeness (QED) is 0.453. The lowest BCUT2D eigenvalue weighted by atomic mass is 10.1. The van der Waals surface area contributed by atoms with Gasteiger partial charge in [-0.15, -0.1) is 0 Å². The zero-order valence-electron chi connectivity index (χ0n) is 15.5. The molecule has 1 fully saturated rings. The van der Waals surface area contributed by atoms with E-state index in [2.05, 4.69) is 5.32 Å². The van der Waals surface area contributed by atoms with E-state index in [1.54, 1.807) is 24.3 Å². The Morgan fingerprint density at radius 2 is 1.96 bits per heavy atom. The van der Waals surface area contributed by atoms with Crippen molar-refractivity contribution in [3.8, 4) is 11.5 Å². The van der Waals surface area contributed by atoms with E-state index in [1.807, 2.05) is 38.1 Å². The van der Waals surface area contributed by atoms with Crippen LogP contribution < -0.4 is 14.8 Å². The first kappa shape index (κ1) is 19.7. The highest BCUT2D eigenvalue weighted by atomic mass is 32.2. The summed E-state index contributed by atoms with van der Waals surface area (Å²) in [4.78, 5) is 35.6. The smallest absolute Gasteiger partial charge is 0.315 e. The van der Waals surface area contributed by atoms with E-state index in [0.717, 1.165) is 22.9 Å². The van der Waals surface area contributed by atoms with Crippen molar-refractivity contribution in [2.75, 3.05) is 6.61 Å². The second kappa shape index (κ2) is 8.75. The van der Waals surface area contributed by atoms with Crippen molar-refractivity contribution >= 4 is 35.0 Å².